The molecule has 0 spiro atoms. The average Bonchev–Trinajstić information content (AvgIpc) is 2.67. The number of carbonyl (C=O) groups excluding carboxylic acids is 1. The maximum atomic E-state index is 13.0. The number of likely N-dealkylation sites (tertiary alicyclic amines) is 1. The summed E-state index contributed by atoms with van der Waals surface area (Å²) in [7, 11) is 0. The zero-order valence-electron chi connectivity index (χ0n) is 14.1. The molecule has 1 saturated heterocycles. The first kappa shape index (κ1) is 16.7. The van der Waals surface area contributed by atoms with Crippen LogP contribution in [-0.4, -0.2) is 29.9 Å². The van der Waals surface area contributed by atoms with Gasteiger partial charge < -0.3 is 10.6 Å². The summed E-state index contributed by atoms with van der Waals surface area (Å²) in [6.45, 7) is 1.41. The molecular weight excluding hydrogens is 296 g/mol. The van der Waals surface area contributed by atoms with Crippen LogP contribution in [0, 0.1) is 0 Å². The molecular formula is C21H26N2O. The van der Waals surface area contributed by atoms with Gasteiger partial charge in [-0.1, -0.05) is 60.7 Å². The van der Waals surface area contributed by atoms with Crippen LogP contribution in [0.2, 0.25) is 0 Å². The first-order chi connectivity index (χ1) is 11.8. The van der Waals surface area contributed by atoms with Gasteiger partial charge in [0.2, 0.25) is 5.91 Å². The molecule has 2 aromatic rings. The molecule has 0 saturated carbocycles. The third-order valence-corrected chi connectivity index (χ3v) is 5.00. The van der Waals surface area contributed by atoms with Gasteiger partial charge in [-0.05, 0) is 30.4 Å². The summed E-state index contributed by atoms with van der Waals surface area (Å²) in [5.74, 6) is 0.322. The number of nitrogens with two attached hydrogens (primary N) is 1. The Bertz CT molecular complexity index is 602. The second-order valence-corrected chi connectivity index (χ2v) is 6.55. The van der Waals surface area contributed by atoms with Crippen molar-refractivity contribution in [1.29, 1.82) is 0 Å². The van der Waals surface area contributed by atoms with Crippen LogP contribution in [0.1, 0.15) is 42.7 Å². The van der Waals surface area contributed by atoms with E-state index in [1.807, 2.05) is 41.3 Å². The Hall–Kier alpha value is -2.13. The van der Waals surface area contributed by atoms with Gasteiger partial charge in [0, 0.05) is 31.5 Å². The summed E-state index contributed by atoms with van der Waals surface area (Å²) >= 11 is 0. The van der Waals surface area contributed by atoms with Crippen molar-refractivity contribution in [3.8, 4) is 0 Å². The highest BCUT2D eigenvalue weighted by atomic mass is 16.2. The van der Waals surface area contributed by atoms with E-state index in [4.69, 9.17) is 5.73 Å². The van der Waals surface area contributed by atoms with Gasteiger partial charge in [0.25, 0.3) is 0 Å². The van der Waals surface area contributed by atoms with E-state index in [0.717, 1.165) is 19.4 Å². The lowest BCUT2D eigenvalue weighted by atomic mass is 9.87. The molecule has 0 aromatic heterocycles. The van der Waals surface area contributed by atoms with Crippen LogP contribution in [0.4, 0.5) is 0 Å². The topological polar surface area (TPSA) is 46.3 Å². The van der Waals surface area contributed by atoms with E-state index in [2.05, 4.69) is 24.3 Å². The minimum absolute atomic E-state index is 0.0975. The molecule has 3 heteroatoms. The SMILES string of the molecule is NCC1CCCCN1C(=O)CC(c1ccccc1)c1ccccc1. The fraction of sp³-hybridized carbons (Fsp3) is 0.381. The van der Waals surface area contributed by atoms with Crippen LogP contribution in [0.25, 0.3) is 0 Å². The number of amides is 1. The number of benzene rings is 2. The summed E-state index contributed by atoms with van der Waals surface area (Å²) in [6.07, 6.45) is 3.80. The quantitative estimate of drug-likeness (QED) is 0.915. The Morgan fingerprint density at radius 3 is 2.12 bits per heavy atom. The molecule has 126 valence electrons. The third kappa shape index (κ3) is 3.85. The zero-order chi connectivity index (χ0) is 16.8. The van der Waals surface area contributed by atoms with Crippen molar-refractivity contribution >= 4 is 5.91 Å². The molecule has 3 nitrogen and oxygen atoms in total. The Kier molecular flexibility index (Phi) is 5.65. The van der Waals surface area contributed by atoms with Gasteiger partial charge in [-0.3, -0.25) is 4.79 Å². The summed E-state index contributed by atoms with van der Waals surface area (Å²) < 4.78 is 0. The highest BCUT2D eigenvalue weighted by Gasteiger charge is 2.28. The van der Waals surface area contributed by atoms with Gasteiger partial charge in [0.05, 0.1) is 0 Å². The van der Waals surface area contributed by atoms with Crippen molar-refractivity contribution in [2.24, 2.45) is 5.73 Å². The van der Waals surface area contributed by atoms with Gasteiger partial charge in [-0.15, -0.1) is 0 Å². The first-order valence-electron chi connectivity index (χ1n) is 8.89. The number of nitrogens with zero attached hydrogens (tertiary/aromatic N) is 1. The molecule has 1 atom stereocenters. The predicted molar refractivity (Wildman–Crippen MR) is 97.8 cm³/mol. The lowest BCUT2D eigenvalue weighted by molar-refractivity contribution is -0.134. The molecule has 1 unspecified atom stereocenters. The number of hydrogen-bond acceptors (Lipinski definition) is 2. The Labute approximate surface area is 144 Å². The van der Waals surface area contributed by atoms with E-state index in [-0.39, 0.29) is 17.9 Å². The van der Waals surface area contributed by atoms with E-state index in [9.17, 15) is 4.79 Å². The van der Waals surface area contributed by atoms with Crippen molar-refractivity contribution in [1.82, 2.24) is 4.90 Å². The third-order valence-electron chi connectivity index (χ3n) is 5.00. The van der Waals surface area contributed by atoms with Gasteiger partial charge in [0.1, 0.15) is 0 Å². The van der Waals surface area contributed by atoms with Crippen LogP contribution in [0.3, 0.4) is 0 Å². The summed E-state index contributed by atoms with van der Waals surface area (Å²) in [5.41, 5.74) is 8.28. The lowest BCUT2D eigenvalue weighted by Crippen LogP contribution is -2.47. The molecule has 1 amide bonds. The fourth-order valence-electron chi connectivity index (χ4n) is 3.66. The highest BCUT2D eigenvalue weighted by molar-refractivity contribution is 5.78. The Balaban J connectivity index is 1.83. The first-order valence-corrected chi connectivity index (χ1v) is 8.89. The van der Waals surface area contributed by atoms with E-state index < -0.39 is 0 Å². The lowest BCUT2D eigenvalue weighted by Gasteiger charge is -2.36. The number of piperidine rings is 1. The van der Waals surface area contributed by atoms with Crippen LogP contribution in [0.5, 0.6) is 0 Å². The van der Waals surface area contributed by atoms with Gasteiger partial charge in [-0.25, -0.2) is 0 Å². The molecule has 2 N–H and O–H groups in total. The standard InChI is InChI=1S/C21H26N2O/c22-16-19-13-7-8-14-23(19)21(24)15-20(17-9-3-1-4-10-17)18-11-5-2-6-12-18/h1-6,9-12,19-20H,7-8,13-16,22H2. The summed E-state index contributed by atoms with van der Waals surface area (Å²) in [5, 5.41) is 0. The molecule has 1 aliphatic rings. The second kappa shape index (κ2) is 8.11. The van der Waals surface area contributed by atoms with Crippen molar-refractivity contribution < 1.29 is 4.79 Å². The van der Waals surface area contributed by atoms with Crippen molar-refractivity contribution in [2.45, 2.75) is 37.6 Å². The summed E-state index contributed by atoms with van der Waals surface area (Å²) in [6, 6.07) is 20.9. The van der Waals surface area contributed by atoms with Crippen LogP contribution < -0.4 is 5.73 Å². The van der Waals surface area contributed by atoms with E-state index in [1.54, 1.807) is 0 Å². The van der Waals surface area contributed by atoms with Crippen LogP contribution in [-0.2, 0) is 4.79 Å². The van der Waals surface area contributed by atoms with Crippen LogP contribution >= 0.6 is 0 Å². The van der Waals surface area contributed by atoms with E-state index in [0.29, 0.717) is 13.0 Å². The smallest absolute Gasteiger partial charge is 0.223 e. The van der Waals surface area contributed by atoms with Gasteiger partial charge in [0.15, 0.2) is 0 Å². The molecule has 1 heterocycles. The number of carbonyl (C=O) groups is 1. The average molecular weight is 322 g/mol. The van der Waals surface area contributed by atoms with Crippen molar-refractivity contribution in [3.05, 3.63) is 71.8 Å². The summed E-state index contributed by atoms with van der Waals surface area (Å²) in [4.78, 5) is 15.0. The normalized spacial score (nSPS) is 17.9. The molecule has 3 rings (SSSR count). The maximum Gasteiger partial charge on any atom is 0.223 e. The number of rotatable bonds is 5. The monoisotopic (exact) mass is 322 g/mol. The van der Waals surface area contributed by atoms with Gasteiger partial charge >= 0.3 is 0 Å². The minimum Gasteiger partial charge on any atom is -0.338 e. The molecule has 1 aliphatic heterocycles. The number of hydrogen-bond donors (Lipinski definition) is 1. The van der Waals surface area contributed by atoms with Gasteiger partial charge in [-0.2, -0.15) is 0 Å². The van der Waals surface area contributed by atoms with Crippen molar-refractivity contribution in [2.75, 3.05) is 13.1 Å². The predicted octanol–water partition coefficient (Wildman–Crippen LogP) is 3.55. The highest BCUT2D eigenvalue weighted by Crippen LogP contribution is 2.29. The zero-order valence-corrected chi connectivity index (χ0v) is 14.1. The molecule has 1 fully saturated rings. The van der Waals surface area contributed by atoms with Crippen molar-refractivity contribution in [3.63, 3.8) is 0 Å². The van der Waals surface area contributed by atoms with E-state index >= 15 is 0 Å². The largest absolute Gasteiger partial charge is 0.338 e. The molecule has 24 heavy (non-hydrogen) atoms. The molecule has 0 bridgehead atoms. The minimum atomic E-state index is 0.0975. The Morgan fingerprint density at radius 1 is 1.00 bits per heavy atom. The van der Waals surface area contributed by atoms with Crippen LogP contribution in [0.15, 0.2) is 60.7 Å². The Morgan fingerprint density at radius 2 is 1.58 bits per heavy atom. The van der Waals surface area contributed by atoms with E-state index in [1.165, 1.54) is 17.5 Å². The molecule has 0 radical (unpaired) electrons. The molecule has 2 aromatic carbocycles. The molecule has 0 aliphatic carbocycles. The fourth-order valence-corrected chi connectivity index (χ4v) is 3.66. The second-order valence-electron chi connectivity index (χ2n) is 6.55. The maximum absolute atomic E-state index is 13.0.